The van der Waals surface area contributed by atoms with Crippen LogP contribution in [-0.2, 0) is 19.8 Å². The number of esters is 1. The number of rotatable bonds is 7. The van der Waals surface area contributed by atoms with E-state index in [1.165, 1.54) is 6.92 Å². The van der Waals surface area contributed by atoms with Crippen LogP contribution >= 0.6 is 0 Å². The van der Waals surface area contributed by atoms with Crippen molar-refractivity contribution in [3.63, 3.8) is 0 Å². The lowest BCUT2D eigenvalue weighted by Crippen LogP contribution is -2.28. The molecule has 0 aliphatic heterocycles. The quantitative estimate of drug-likeness (QED) is 0.220. The van der Waals surface area contributed by atoms with Gasteiger partial charge >= 0.3 is 16.3 Å². The Balaban J connectivity index is 0. The Morgan fingerprint density at radius 1 is 1.37 bits per heavy atom. The molecule has 19 heavy (non-hydrogen) atoms. The van der Waals surface area contributed by atoms with Crippen molar-refractivity contribution in [2.45, 2.75) is 45.8 Å². The van der Waals surface area contributed by atoms with Crippen molar-refractivity contribution in [2.75, 3.05) is 6.61 Å². The van der Waals surface area contributed by atoms with E-state index < -0.39 is 22.6 Å². The van der Waals surface area contributed by atoms with Gasteiger partial charge in [0, 0.05) is 12.8 Å². The van der Waals surface area contributed by atoms with Gasteiger partial charge in [0.15, 0.2) is 0 Å². The maximum absolute atomic E-state index is 10.5. The van der Waals surface area contributed by atoms with E-state index in [-0.39, 0.29) is 12.5 Å². The molecule has 0 amide bonds. The molecule has 0 spiro atoms. The van der Waals surface area contributed by atoms with Gasteiger partial charge in [0.05, 0.1) is 6.61 Å². The monoisotopic (exact) mass is 301 g/mol. The molecular formula is C10H23NO7S. The number of nitrogens with two attached hydrogens (primary N) is 1. The number of carbonyl (C=O) groups is 1. The van der Waals surface area contributed by atoms with Crippen LogP contribution in [-0.4, -0.2) is 42.0 Å². The molecule has 0 aromatic heterocycles. The summed E-state index contributed by atoms with van der Waals surface area (Å²) in [6.45, 7) is 3.16. The van der Waals surface area contributed by atoms with Gasteiger partial charge in [-0.15, -0.1) is 0 Å². The molecule has 0 heterocycles. The third-order valence-electron chi connectivity index (χ3n) is 2.10. The first-order valence-corrected chi connectivity index (χ1v) is 7.33. The second-order valence-electron chi connectivity index (χ2n) is 3.95. The summed E-state index contributed by atoms with van der Waals surface area (Å²) in [6.07, 6.45) is 2.58. The van der Waals surface area contributed by atoms with Crippen molar-refractivity contribution < 1.29 is 32.7 Å². The normalized spacial score (nSPS) is 14.0. The molecular weight excluding hydrogens is 278 g/mol. The number of aliphatic hydroxyl groups is 2. The molecule has 0 radical (unpaired) electrons. The molecule has 5 N–H and O–H groups in total. The molecule has 0 saturated carbocycles. The summed E-state index contributed by atoms with van der Waals surface area (Å²) in [5.74, 6) is -0.878. The van der Waals surface area contributed by atoms with E-state index in [0.717, 1.165) is 19.3 Å². The highest BCUT2D eigenvalue weighted by atomic mass is 32.2. The Bertz CT molecular complexity index is 323. The molecule has 116 valence electrons. The largest absolute Gasteiger partial charge is 0.436 e. The number of hydrogen-bond acceptors (Lipinski definition) is 6. The van der Waals surface area contributed by atoms with Crippen molar-refractivity contribution >= 4 is 16.3 Å². The molecule has 9 heteroatoms. The highest BCUT2D eigenvalue weighted by Gasteiger charge is 2.20. The van der Waals surface area contributed by atoms with Gasteiger partial charge < -0.3 is 14.9 Å². The van der Waals surface area contributed by atoms with Crippen LogP contribution in [0.1, 0.15) is 39.5 Å². The first-order chi connectivity index (χ1) is 8.61. The van der Waals surface area contributed by atoms with Gasteiger partial charge in [0.2, 0.25) is 6.29 Å². The van der Waals surface area contributed by atoms with Crippen molar-refractivity contribution in [3.05, 3.63) is 0 Å². The van der Waals surface area contributed by atoms with Crippen molar-refractivity contribution in [1.29, 1.82) is 0 Å². The Kier molecular flexibility index (Phi) is 12.0. The summed E-state index contributed by atoms with van der Waals surface area (Å²) >= 11 is 0. The molecule has 0 aliphatic rings. The van der Waals surface area contributed by atoms with Gasteiger partial charge in [-0.1, -0.05) is 26.2 Å². The van der Waals surface area contributed by atoms with E-state index in [4.69, 9.17) is 18.1 Å². The Morgan fingerprint density at radius 3 is 2.16 bits per heavy atom. The van der Waals surface area contributed by atoms with E-state index in [9.17, 15) is 9.90 Å². The number of carbonyl (C=O) groups excluding carboxylic acids is 1. The first kappa shape index (κ1) is 20.6. The summed E-state index contributed by atoms with van der Waals surface area (Å²) < 4.78 is 29.8. The minimum absolute atomic E-state index is 0.155. The van der Waals surface area contributed by atoms with Crippen LogP contribution in [0, 0.1) is 5.92 Å². The molecule has 2 unspecified atom stereocenters. The molecule has 0 saturated heterocycles. The number of ether oxygens (including phenoxy) is 1. The van der Waals surface area contributed by atoms with E-state index in [2.05, 4.69) is 16.8 Å². The fourth-order valence-electron chi connectivity index (χ4n) is 1.25. The van der Waals surface area contributed by atoms with Gasteiger partial charge in [-0.05, 0) is 6.42 Å². The second-order valence-corrected chi connectivity index (χ2v) is 4.98. The Morgan fingerprint density at radius 2 is 1.84 bits per heavy atom. The van der Waals surface area contributed by atoms with Crippen molar-refractivity contribution in [1.82, 2.24) is 0 Å². The lowest BCUT2D eigenvalue weighted by Gasteiger charge is -2.19. The minimum atomic E-state index is -4.17. The summed E-state index contributed by atoms with van der Waals surface area (Å²) in [7, 11) is -4.17. The van der Waals surface area contributed by atoms with E-state index in [0.29, 0.717) is 6.42 Å². The first-order valence-electron chi connectivity index (χ1n) is 5.83. The third-order valence-corrected chi connectivity index (χ3v) is 2.10. The standard InChI is InChI=1S/C10H20O4.H3NO3S/c1-3-4-5-6-9(7-11)10(13)14-8(2)12;1-5(2,3)4/h9-11,13H,3-7H2,1-2H3;(H3,1,2,3,4). The van der Waals surface area contributed by atoms with E-state index in [1.54, 1.807) is 0 Å². The zero-order chi connectivity index (χ0) is 15.5. The average molecular weight is 301 g/mol. The molecule has 0 aromatic rings. The van der Waals surface area contributed by atoms with Crippen LogP contribution in [0.25, 0.3) is 0 Å². The predicted molar refractivity (Wildman–Crippen MR) is 68.2 cm³/mol. The lowest BCUT2D eigenvalue weighted by atomic mass is 10.0. The van der Waals surface area contributed by atoms with Crippen LogP contribution in [0.2, 0.25) is 0 Å². The van der Waals surface area contributed by atoms with Crippen LogP contribution < -0.4 is 5.14 Å². The molecule has 0 rings (SSSR count). The van der Waals surface area contributed by atoms with Crippen LogP contribution in [0.4, 0.5) is 0 Å². The van der Waals surface area contributed by atoms with Gasteiger partial charge in [0.1, 0.15) is 0 Å². The van der Waals surface area contributed by atoms with Crippen LogP contribution in [0.3, 0.4) is 0 Å². The number of unbranched alkanes of at least 4 members (excludes halogenated alkanes) is 2. The average Bonchev–Trinajstić information content (AvgIpc) is 2.21. The molecule has 0 aromatic carbocycles. The summed E-state index contributed by atoms with van der Waals surface area (Å²) in [5.41, 5.74) is 0. The molecule has 8 nitrogen and oxygen atoms in total. The molecule has 2 atom stereocenters. The van der Waals surface area contributed by atoms with Gasteiger partial charge in [-0.2, -0.15) is 8.42 Å². The van der Waals surface area contributed by atoms with Crippen molar-refractivity contribution in [3.8, 4) is 0 Å². The fourth-order valence-corrected chi connectivity index (χ4v) is 1.25. The summed E-state index contributed by atoms with van der Waals surface area (Å²) in [5, 5.41) is 22.2. The smallest absolute Gasteiger partial charge is 0.330 e. The summed E-state index contributed by atoms with van der Waals surface area (Å²) in [6, 6.07) is 0. The molecule has 0 bridgehead atoms. The Hall–Kier alpha value is -0.740. The number of aliphatic hydroxyl groups excluding tert-OH is 2. The lowest BCUT2D eigenvalue weighted by molar-refractivity contribution is -0.177. The van der Waals surface area contributed by atoms with E-state index >= 15 is 0 Å². The van der Waals surface area contributed by atoms with Gasteiger partial charge in [0.25, 0.3) is 0 Å². The SMILES string of the molecule is CCCCCC(CO)C(O)OC(C)=O.NS(=O)(=O)O. The van der Waals surface area contributed by atoms with E-state index in [1.807, 2.05) is 0 Å². The topological polar surface area (TPSA) is 147 Å². The van der Waals surface area contributed by atoms with Gasteiger partial charge in [-0.3, -0.25) is 9.35 Å². The minimum Gasteiger partial charge on any atom is -0.436 e. The maximum Gasteiger partial charge on any atom is 0.330 e. The zero-order valence-electron chi connectivity index (χ0n) is 11.2. The maximum atomic E-state index is 10.5. The molecule has 0 fully saturated rings. The number of hydrogen-bond donors (Lipinski definition) is 4. The predicted octanol–water partition coefficient (Wildman–Crippen LogP) is -0.195. The molecule has 0 aliphatic carbocycles. The zero-order valence-corrected chi connectivity index (χ0v) is 12.0. The fraction of sp³-hybridized carbons (Fsp3) is 0.900. The van der Waals surface area contributed by atoms with Gasteiger partial charge in [-0.25, -0.2) is 5.14 Å². The third kappa shape index (κ3) is 19.8. The van der Waals surface area contributed by atoms with Crippen LogP contribution in [0.5, 0.6) is 0 Å². The summed E-state index contributed by atoms with van der Waals surface area (Å²) in [4.78, 5) is 10.5. The van der Waals surface area contributed by atoms with Crippen LogP contribution in [0.15, 0.2) is 0 Å². The second kappa shape index (κ2) is 11.1. The highest BCUT2D eigenvalue weighted by molar-refractivity contribution is 7.83. The highest BCUT2D eigenvalue weighted by Crippen LogP contribution is 2.14. The van der Waals surface area contributed by atoms with Crippen molar-refractivity contribution in [2.24, 2.45) is 11.1 Å². The Labute approximate surface area is 113 Å².